The number of aromatic nitrogens is 4. The van der Waals surface area contributed by atoms with Gasteiger partial charge in [0.05, 0.1) is 11.9 Å². The molecule has 2 N–H and O–H groups in total. The molecule has 0 aliphatic carbocycles. The molecule has 2 aliphatic heterocycles. The molecule has 2 fully saturated rings. The van der Waals surface area contributed by atoms with E-state index in [4.69, 9.17) is 4.74 Å². The number of rotatable bonds is 4. The second-order valence-electron chi connectivity index (χ2n) is 8.13. The quantitative estimate of drug-likeness (QED) is 0.688. The van der Waals surface area contributed by atoms with E-state index in [1.807, 2.05) is 19.3 Å². The summed E-state index contributed by atoms with van der Waals surface area (Å²) in [6.45, 7) is 0. The summed E-state index contributed by atoms with van der Waals surface area (Å²) in [7, 11) is 1.85. The highest BCUT2D eigenvalue weighted by Gasteiger charge is 2.41. The molecule has 2 bridgehead atoms. The highest BCUT2D eigenvalue weighted by molar-refractivity contribution is 5.73. The highest BCUT2D eigenvalue weighted by atomic mass is 19.1. The molecule has 5 rings (SSSR count). The molecule has 156 valence electrons. The Hall–Kier alpha value is -3.00. The van der Waals surface area contributed by atoms with Gasteiger partial charge in [-0.25, -0.2) is 4.39 Å². The SMILES string of the molecule is Cn1cc(-c2ccc(-c3ccc(O[C@@H]4C[C@@H]5CCC[C@@H](N5)[C@H]4F)nn3)c(O)c2)cn1. The van der Waals surface area contributed by atoms with Gasteiger partial charge in [-0.15, -0.1) is 10.2 Å². The van der Waals surface area contributed by atoms with Gasteiger partial charge in [-0.1, -0.05) is 12.5 Å². The van der Waals surface area contributed by atoms with E-state index in [2.05, 4.69) is 20.6 Å². The molecule has 0 saturated carbocycles. The van der Waals surface area contributed by atoms with Gasteiger partial charge in [0.1, 0.15) is 11.9 Å². The van der Waals surface area contributed by atoms with Gasteiger partial charge in [0, 0.05) is 48.9 Å². The van der Waals surface area contributed by atoms with Gasteiger partial charge in [-0.05, 0) is 36.6 Å². The van der Waals surface area contributed by atoms with Gasteiger partial charge >= 0.3 is 0 Å². The summed E-state index contributed by atoms with van der Waals surface area (Å²) in [6, 6.07) is 8.97. The third-order valence-corrected chi connectivity index (χ3v) is 6.00. The molecule has 0 amide bonds. The summed E-state index contributed by atoms with van der Waals surface area (Å²) in [5.41, 5.74) is 2.88. The van der Waals surface area contributed by atoms with Crippen molar-refractivity contribution in [2.45, 2.75) is 50.0 Å². The Balaban J connectivity index is 1.31. The largest absolute Gasteiger partial charge is 0.507 e. The van der Waals surface area contributed by atoms with Crippen molar-refractivity contribution in [1.82, 2.24) is 25.3 Å². The molecule has 0 radical (unpaired) electrons. The summed E-state index contributed by atoms with van der Waals surface area (Å²) in [4.78, 5) is 0. The normalized spacial score (nSPS) is 25.8. The Morgan fingerprint density at radius 2 is 2.07 bits per heavy atom. The van der Waals surface area contributed by atoms with E-state index in [-0.39, 0.29) is 11.8 Å². The predicted octanol–water partition coefficient (Wildman–Crippen LogP) is 3.25. The molecule has 1 aromatic carbocycles. The van der Waals surface area contributed by atoms with Gasteiger partial charge in [-0.3, -0.25) is 4.68 Å². The van der Waals surface area contributed by atoms with Crippen molar-refractivity contribution in [3.63, 3.8) is 0 Å². The van der Waals surface area contributed by atoms with E-state index in [1.54, 1.807) is 35.1 Å². The van der Waals surface area contributed by atoms with Crippen molar-refractivity contribution >= 4 is 0 Å². The van der Waals surface area contributed by atoms with Crippen molar-refractivity contribution in [2.75, 3.05) is 0 Å². The van der Waals surface area contributed by atoms with E-state index >= 15 is 0 Å². The lowest BCUT2D eigenvalue weighted by molar-refractivity contribution is 0.00652. The van der Waals surface area contributed by atoms with Crippen LogP contribution in [0.15, 0.2) is 42.7 Å². The van der Waals surface area contributed by atoms with Crippen LogP contribution in [0.3, 0.4) is 0 Å². The zero-order valence-corrected chi connectivity index (χ0v) is 16.7. The van der Waals surface area contributed by atoms with Gasteiger partial charge in [0.25, 0.3) is 0 Å². The first-order chi connectivity index (χ1) is 14.6. The number of phenolic OH excluding ortho intramolecular Hbond substituents is 1. The van der Waals surface area contributed by atoms with Crippen LogP contribution in [0, 0.1) is 0 Å². The average molecular weight is 409 g/mol. The van der Waals surface area contributed by atoms with E-state index in [0.717, 1.165) is 30.4 Å². The van der Waals surface area contributed by atoms with Crippen LogP contribution >= 0.6 is 0 Å². The maximum atomic E-state index is 14.7. The van der Waals surface area contributed by atoms with Crippen molar-refractivity contribution in [3.05, 3.63) is 42.7 Å². The third kappa shape index (κ3) is 3.63. The summed E-state index contributed by atoms with van der Waals surface area (Å²) < 4.78 is 22.3. The molecule has 2 saturated heterocycles. The Morgan fingerprint density at radius 3 is 2.80 bits per heavy atom. The Bertz CT molecular complexity index is 1040. The minimum Gasteiger partial charge on any atom is -0.507 e. The number of nitrogens with one attached hydrogen (secondary N) is 1. The van der Waals surface area contributed by atoms with Crippen LogP contribution in [0.5, 0.6) is 11.6 Å². The van der Waals surface area contributed by atoms with Gasteiger partial charge in [-0.2, -0.15) is 5.10 Å². The number of benzene rings is 1. The standard InChI is InChI=1S/C22H24FN5O2/c1-28-12-14(11-24-28)13-5-6-16(19(29)9-13)17-7-8-21(27-26-17)30-20-10-15-3-2-4-18(25-15)22(20)23/h5-9,11-12,15,18,20,22,25,29H,2-4,10H2,1H3/t15-,18+,20+,22+/m0/s1. The number of aryl methyl sites for hydroxylation is 1. The zero-order valence-electron chi connectivity index (χ0n) is 16.7. The van der Waals surface area contributed by atoms with E-state index < -0.39 is 12.3 Å². The lowest BCUT2D eigenvalue weighted by Gasteiger charge is -2.42. The second kappa shape index (κ2) is 7.68. The van der Waals surface area contributed by atoms with E-state index in [1.165, 1.54) is 0 Å². The van der Waals surface area contributed by atoms with Crippen LogP contribution in [0.25, 0.3) is 22.4 Å². The molecule has 2 aliphatic rings. The number of halogens is 1. The van der Waals surface area contributed by atoms with Gasteiger partial charge in [0.2, 0.25) is 5.88 Å². The fourth-order valence-corrected chi connectivity index (χ4v) is 4.45. The third-order valence-electron chi connectivity index (χ3n) is 6.00. The first kappa shape index (κ1) is 19.0. The first-order valence-electron chi connectivity index (χ1n) is 10.3. The highest BCUT2D eigenvalue weighted by Crippen LogP contribution is 2.33. The number of fused-ring (bicyclic) bond motifs is 2. The molecular weight excluding hydrogens is 385 g/mol. The number of aromatic hydroxyl groups is 1. The number of hydrogen-bond acceptors (Lipinski definition) is 6. The summed E-state index contributed by atoms with van der Waals surface area (Å²) >= 11 is 0. The second-order valence-corrected chi connectivity index (χ2v) is 8.13. The maximum absolute atomic E-state index is 14.7. The fourth-order valence-electron chi connectivity index (χ4n) is 4.45. The van der Waals surface area contributed by atoms with Crippen LogP contribution in [-0.4, -0.2) is 49.4 Å². The smallest absolute Gasteiger partial charge is 0.233 e. The van der Waals surface area contributed by atoms with Gasteiger partial charge < -0.3 is 15.2 Å². The molecule has 4 heterocycles. The number of hydrogen-bond donors (Lipinski definition) is 2. The van der Waals surface area contributed by atoms with Crippen LogP contribution in [0.2, 0.25) is 0 Å². The molecule has 3 aromatic rings. The van der Waals surface area contributed by atoms with Gasteiger partial charge in [0.15, 0.2) is 6.17 Å². The molecule has 7 nitrogen and oxygen atoms in total. The topological polar surface area (TPSA) is 85.1 Å². The molecular formula is C22H24FN5O2. The molecule has 8 heteroatoms. The number of phenols is 1. The average Bonchev–Trinajstić information content (AvgIpc) is 3.19. The van der Waals surface area contributed by atoms with Crippen molar-refractivity contribution in [1.29, 1.82) is 0 Å². The molecule has 2 aromatic heterocycles. The maximum Gasteiger partial charge on any atom is 0.233 e. The van der Waals surface area contributed by atoms with Crippen molar-refractivity contribution in [3.8, 4) is 34.0 Å². The van der Waals surface area contributed by atoms with Crippen molar-refractivity contribution in [2.24, 2.45) is 7.05 Å². The lowest BCUT2D eigenvalue weighted by Crippen LogP contribution is -2.59. The number of piperidine rings is 2. The molecule has 0 spiro atoms. The molecule has 4 atom stereocenters. The van der Waals surface area contributed by atoms with E-state index in [9.17, 15) is 9.50 Å². The zero-order chi connectivity index (χ0) is 20.7. The van der Waals surface area contributed by atoms with Crippen LogP contribution < -0.4 is 10.1 Å². The number of alkyl halides is 1. The molecule has 30 heavy (non-hydrogen) atoms. The lowest BCUT2D eigenvalue weighted by atomic mass is 9.84. The van der Waals surface area contributed by atoms with Crippen LogP contribution in [-0.2, 0) is 7.05 Å². The minimum absolute atomic E-state index is 0.106. The summed E-state index contributed by atoms with van der Waals surface area (Å²) in [5.74, 6) is 0.409. The Kier molecular flexibility index (Phi) is 4.86. The Labute approximate surface area is 173 Å². The van der Waals surface area contributed by atoms with Crippen molar-refractivity contribution < 1.29 is 14.2 Å². The number of ether oxygens (including phenoxy) is 1. The van der Waals surface area contributed by atoms with Crippen LogP contribution in [0.1, 0.15) is 25.7 Å². The first-order valence-corrected chi connectivity index (χ1v) is 10.3. The minimum atomic E-state index is -1.05. The van der Waals surface area contributed by atoms with E-state index in [0.29, 0.717) is 29.6 Å². The predicted molar refractivity (Wildman–Crippen MR) is 110 cm³/mol. The number of nitrogens with zero attached hydrogens (tertiary/aromatic N) is 4. The summed E-state index contributed by atoms with van der Waals surface area (Å²) in [6.07, 6.45) is 5.67. The fraction of sp³-hybridized carbons (Fsp3) is 0.409. The van der Waals surface area contributed by atoms with Crippen LogP contribution in [0.4, 0.5) is 4.39 Å². The molecule has 0 unspecified atom stereocenters. The Morgan fingerprint density at radius 1 is 1.17 bits per heavy atom. The summed E-state index contributed by atoms with van der Waals surface area (Å²) in [5, 5.41) is 26.3. The monoisotopic (exact) mass is 409 g/mol.